The molecule has 0 saturated carbocycles. The zero-order chi connectivity index (χ0) is 12.3. The first-order chi connectivity index (χ1) is 7.41. The molecule has 0 spiro atoms. The number of hydrogen-bond acceptors (Lipinski definition) is 3. The molecule has 0 aromatic carbocycles. The maximum atomic E-state index is 11.8. The van der Waals surface area contributed by atoms with Crippen molar-refractivity contribution in [1.82, 2.24) is 9.88 Å². The maximum absolute atomic E-state index is 11.8. The molecule has 0 amide bonds. The van der Waals surface area contributed by atoms with Crippen LogP contribution in [0.2, 0.25) is 10.3 Å². The van der Waals surface area contributed by atoms with Crippen molar-refractivity contribution in [1.29, 1.82) is 0 Å². The smallest absolute Gasteiger partial charge is 0.190 e. The summed E-state index contributed by atoms with van der Waals surface area (Å²) in [6.07, 6.45) is 1.51. The second kappa shape index (κ2) is 5.32. The van der Waals surface area contributed by atoms with Gasteiger partial charge in [-0.15, -0.1) is 0 Å². The Morgan fingerprint density at radius 1 is 1.38 bits per heavy atom. The molecule has 16 heavy (non-hydrogen) atoms. The molecule has 0 atom stereocenters. The monoisotopic (exact) mass is 258 g/mol. The first kappa shape index (κ1) is 13.0. The third kappa shape index (κ3) is 3.22. The molecule has 0 unspecified atom stereocenters. The molecule has 0 aliphatic carbocycles. The highest BCUT2D eigenvalue weighted by Crippen LogP contribution is 2.18. The van der Waals surface area contributed by atoms with Crippen molar-refractivity contribution in [3.63, 3.8) is 0 Å². The van der Waals surface area contributed by atoms with Crippen molar-refractivity contribution >= 4 is 29.0 Å². The molecule has 1 aromatic rings. The Morgan fingerprint density at radius 2 is 2.00 bits per heavy atom. The number of ketones is 1. The van der Waals surface area contributed by atoms with Crippen molar-refractivity contribution in [3.05, 3.63) is 39.8 Å². The molecule has 0 fully saturated rings. The SMILES string of the molecule is C/C(=C/C(=O)c1ccc(Cl)nc1Cl)N(C)C. The van der Waals surface area contributed by atoms with Gasteiger partial charge in [-0.05, 0) is 19.1 Å². The summed E-state index contributed by atoms with van der Waals surface area (Å²) in [6, 6.07) is 3.11. The zero-order valence-corrected chi connectivity index (χ0v) is 10.8. The minimum Gasteiger partial charge on any atom is -0.381 e. The van der Waals surface area contributed by atoms with Crippen LogP contribution in [0.1, 0.15) is 17.3 Å². The van der Waals surface area contributed by atoms with Crippen LogP contribution in [0, 0.1) is 0 Å². The Hall–Kier alpha value is -1.06. The number of rotatable bonds is 3. The van der Waals surface area contributed by atoms with Crippen molar-refractivity contribution in [2.45, 2.75) is 6.92 Å². The highest BCUT2D eigenvalue weighted by atomic mass is 35.5. The van der Waals surface area contributed by atoms with Crippen LogP contribution in [0.25, 0.3) is 0 Å². The summed E-state index contributed by atoms with van der Waals surface area (Å²) in [5.41, 5.74) is 1.20. The molecule has 1 heterocycles. The summed E-state index contributed by atoms with van der Waals surface area (Å²) < 4.78 is 0. The molecule has 3 nitrogen and oxygen atoms in total. The van der Waals surface area contributed by atoms with Crippen LogP contribution in [0.15, 0.2) is 23.9 Å². The summed E-state index contributed by atoms with van der Waals surface area (Å²) in [5.74, 6) is -0.180. The van der Waals surface area contributed by atoms with Crippen LogP contribution in [0.5, 0.6) is 0 Å². The van der Waals surface area contributed by atoms with E-state index >= 15 is 0 Å². The standard InChI is InChI=1S/C11H12Cl2N2O/c1-7(15(2)3)6-9(16)8-4-5-10(12)14-11(8)13/h4-6H,1-3H3/b7-6-. The first-order valence-electron chi connectivity index (χ1n) is 4.64. The van der Waals surface area contributed by atoms with E-state index < -0.39 is 0 Å². The Kier molecular flexibility index (Phi) is 4.33. The van der Waals surface area contributed by atoms with Gasteiger partial charge in [0.05, 0.1) is 5.56 Å². The number of carbonyl (C=O) groups excluding carboxylic acids is 1. The molecule has 0 radical (unpaired) electrons. The minimum atomic E-state index is -0.180. The number of pyridine rings is 1. The number of halogens is 2. The topological polar surface area (TPSA) is 33.2 Å². The maximum Gasteiger partial charge on any atom is 0.190 e. The molecule has 0 saturated heterocycles. The second-order valence-corrected chi connectivity index (χ2v) is 4.26. The predicted molar refractivity (Wildman–Crippen MR) is 66.0 cm³/mol. The summed E-state index contributed by atoms with van der Waals surface area (Å²) in [4.78, 5) is 17.5. The summed E-state index contributed by atoms with van der Waals surface area (Å²) >= 11 is 11.5. The molecular weight excluding hydrogens is 247 g/mol. The normalized spacial score (nSPS) is 11.4. The fraction of sp³-hybridized carbons (Fsp3) is 0.273. The van der Waals surface area contributed by atoms with Gasteiger partial charge in [0.15, 0.2) is 5.78 Å². The van der Waals surface area contributed by atoms with Gasteiger partial charge in [0.2, 0.25) is 0 Å². The number of aromatic nitrogens is 1. The van der Waals surface area contributed by atoms with Gasteiger partial charge in [0.1, 0.15) is 10.3 Å². The highest BCUT2D eigenvalue weighted by molar-refractivity contribution is 6.35. The van der Waals surface area contributed by atoms with E-state index in [4.69, 9.17) is 23.2 Å². The van der Waals surface area contributed by atoms with Crippen LogP contribution in [-0.2, 0) is 0 Å². The van der Waals surface area contributed by atoms with Crippen LogP contribution < -0.4 is 0 Å². The van der Waals surface area contributed by atoms with Gasteiger partial charge in [-0.25, -0.2) is 4.98 Å². The molecular formula is C11H12Cl2N2O. The quantitative estimate of drug-likeness (QED) is 0.475. The molecule has 1 aromatic heterocycles. The fourth-order valence-electron chi connectivity index (χ4n) is 0.992. The van der Waals surface area contributed by atoms with Crippen molar-refractivity contribution < 1.29 is 4.79 Å². The lowest BCUT2D eigenvalue weighted by atomic mass is 10.1. The van der Waals surface area contributed by atoms with E-state index in [-0.39, 0.29) is 16.1 Å². The predicted octanol–water partition coefficient (Wildman–Crippen LogP) is 3.04. The lowest BCUT2D eigenvalue weighted by molar-refractivity contribution is 0.104. The van der Waals surface area contributed by atoms with Crippen LogP contribution in [0.3, 0.4) is 0 Å². The lowest BCUT2D eigenvalue weighted by Gasteiger charge is -2.11. The third-order valence-electron chi connectivity index (χ3n) is 2.13. The Balaban J connectivity index is 3.02. The highest BCUT2D eigenvalue weighted by Gasteiger charge is 2.10. The van der Waals surface area contributed by atoms with E-state index in [0.717, 1.165) is 5.70 Å². The third-order valence-corrected chi connectivity index (χ3v) is 2.62. The second-order valence-electron chi connectivity index (χ2n) is 3.52. The molecule has 0 aliphatic heterocycles. The van der Waals surface area contributed by atoms with Gasteiger partial charge in [-0.3, -0.25) is 4.79 Å². The number of hydrogen-bond donors (Lipinski definition) is 0. The lowest BCUT2D eigenvalue weighted by Crippen LogP contribution is -2.10. The number of nitrogens with zero attached hydrogens (tertiary/aromatic N) is 2. The van der Waals surface area contributed by atoms with Crippen LogP contribution in [0.4, 0.5) is 0 Å². The van der Waals surface area contributed by atoms with Gasteiger partial charge in [0.25, 0.3) is 0 Å². The van der Waals surface area contributed by atoms with Gasteiger partial charge in [-0.2, -0.15) is 0 Å². The van der Waals surface area contributed by atoms with E-state index in [1.807, 2.05) is 25.9 Å². The summed E-state index contributed by atoms with van der Waals surface area (Å²) in [7, 11) is 3.72. The number of allylic oxidation sites excluding steroid dienone is 2. The molecule has 1 rings (SSSR count). The van der Waals surface area contributed by atoms with Gasteiger partial charge in [-0.1, -0.05) is 23.2 Å². The molecule has 86 valence electrons. The van der Waals surface area contributed by atoms with Crippen molar-refractivity contribution in [2.24, 2.45) is 0 Å². The fourth-order valence-corrected chi connectivity index (χ4v) is 1.43. The molecule has 5 heteroatoms. The van der Waals surface area contributed by atoms with Crippen molar-refractivity contribution in [2.75, 3.05) is 14.1 Å². The summed E-state index contributed by atoms with van der Waals surface area (Å²) in [5, 5.41) is 0.398. The van der Waals surface area contributed by atoms with E-state index in [1.54, 1.807) is 12.1 Å². The Bertz CT molecular complexity index is 442. The van der Waals surface area contributed by atoms with Crippen LogP contribution in [-0.4, -0.2) is 29.8 Å². The van der Waals surface area contributed by atoms with E-state index in [1.165, 1.54) is 6.08 Å². The average molecular weight is 259 g/mol. The van der Waals surface area contributed by atoms with Gasteiger partial charge in [0, 0.05) is 25.9 Å². The van der Waals surface area contributed by atoms with Crippen LogP contribution >= 0.6 is 23.2 Å². The summed E-state index contributed by atoms with van der Waals surface area (Å²) in [6.45, 7) is 1.84. The first-order valence-corrected chi connectivity index (χ1v) is 5.39. The molecule has 0 N–H and O–H groups in total. The Labute approximate surface area is 105 Å². The largest absolute Gasteiger partial charge is 0.381 e. The van der Waals surface area contributed by atoms with Crippen molar-refractivity contribution in [3.8, 4) is 0 Å². The number of carbonyl (C=O) groups is 1. The molecule has 0 aliphatic rings. The van der Waals surface area contributed by atoms with E-state index in [2.05, 4.69) is 4.98 Å². The van der Waals surface area contributed by atoms with Gasteiger partial charge >= 0.3 is 0 Å². The van der Waals surface area contributed by atoms with Gasteiger partial charge < -0.3 is 4.90 Å². The average Bonchev–Trinajstić information content (AvgIpc) is 2.16. The Morgan fingerprint density at radius 3 is 2.50 bits per heavy atom. The molecule has 0 bridgehead atoms. The minimum absolute atomic E-state index is 0.125. The van der Waals surface area contributed by atoms with E-state index in [0.29, 0.717) is 5.56 Å². The zero-order valence-electron chi connectivity index (χ0n) is 9.29. The van der Waals surface area contributed by atoms with E-state index in [9.17, 15) is 4.79 Å².